The zero-order valence-corrected chi connectivity index (χ0v) is 15.4. The van der Waals surface area contributed by atoms with Gasteiger partial charge in [0.15, 0.2) is 11.5 Å². The summed E-state index contributed by atoms with van der Waals surface area (Å²) < 4.78 is 27.7. The number of nitrogens with zero attached hydrogens (tertiary/aromatic N) is 1. The maximum Gasteiger partial charge on any atom is 0.216 e. The fraction of sp³-hybridized carbons (Fsp3) is 0.350. The average molecular weight is 357 g/mol. The molecule has 3 rings (SSSR count). The lowest BCUT2D eigenvalue weighted by Gasteiger charge is -2.17. The van der Waals surface area contributed by atoms with Crippen molar-refractivity contribution in [1.29, 1.82) is 0 Å². The highest BCUT2D eigenvalue weighted by Gasteiger charge is 2.25. The van der Waals surface area contributed by atoms with E-state index in [1.54, 1.807) is 21.3 Å². The van der Waals surface area contributed by atoms with Crippen LogP contribution in [0.25, 0.3) is 0 Å². The molecule has 1 aliphatic rings. The molecule has 0 amide bonds. The highest BCUT2D eigenvalue weighted by Crippen LogP contribution is 2.41. The van der Waals surface area contributed by atoms with Gasteiger partial charge in [-0.3, -0.25) is 0 Å². The van der Waals surface area contributed by atoms with E-state index in [1.807, 2.05) is 43.3 Å². The molecule has 6 nitrogen and oxygen atoms in total. The molecule has 1 unspecified atom stereocenters. The van der Waals surface area contributed by atoms with E-state index in [4.69, 9.17) is 23.7 Å². The Morgan fingerprint density at radius 2 is 1.65 bits per heavy atom. The minimum absolute atomic E-state index is 0.203. The SMILES string of the molecule is CCOc1ccc(C2=NCC(c3cc(OC)c(OC)c(OC)c3)O2)cc1. The lowest BCUT2D eigenvalue weighted by atomic mass is 10.1. The molecule has 0 N–H and O–H groups in total. The summed E-state index contributed by atoms with van der Waals surface area (Å²) in [4.78, 5) is 4.53. The van der Waals surface area contributed by atoms with Crippen LogP contribution in [0.15, 0.2) is 41.4 Å². The highest BCUT2D eigenvalue weighted by atomic mass is 16.5. The largest absolute Gasteiger partial charge is 0.494 e. The smallest absolute Gasteiger partial charge is 0.216 e. The molecule has 0 saturated heterocycles. The van der Waals surface area contributed by atoms with Crippen molar-refractivity contribution in [2.24, 2.45) is 4.99 Å². The first-order chi connectivity index (χ1) is 12.7. The van der Waals surface area contributed by atoms with Crippen LogP contribution >= 0.6 is 0 Å². The number of benzene rings is 2. The summed E-state index contributed by atoms with van der Waals surface area (Å²) in [5, 5.41) is 0. The summed E-state index contributed by atoms with van der Waals surface area (Å²) in [5.41, 5.74) is 1.84. The van der Waals surface area contributed by atoms with Crippen LogP contribution in [0.5, 0.6) is 23.0 Å². The zero-order valence-electron chi connectivity index (χ0n) is 15.4. The highest BCUT2D eigenvalue weighted by molar-refractivity contribution is 5.95. The van der Waals surface area contributed by atoms with Gasteiger partial charge in [-0.2, -0.15) is 0 Å². The Labute approximate surface area is 153 Å². The van der Waals surface area contributed by atoms with Gasteiger partial charge >= 0.3 is 0 Å². The Balaban J connectivity index is 1.79. The Hall–Kier alpha value is -2.89. The first-order valence-electron chi connectivity index (χ1n) is 8.44. The fourth-order valence-corrected chi connectivity index (χ4v) is 2.86. The quantitative estimate of drug-likeness (QED) is 0.757. The van der Waals surface area contributed by atoms with Crippen molar-refractivity contribution in [2.75, 3.05) is 34.5 Å². The number of aliphatic imine (C=N–C) groups is 1. The number of rotatable bonds is 7. The van der Waals surface area contributed by atoms with Gasteiger partial charge in [-0.1, -0.05) is 0 Å². The summed E-state index contributed by atoms with van der Waals surface area (Å²) in [6.45, 7) is 3.13. The van der Waals surface area contributed by atoms with E-state index in [0.29, 0.717) is 36.3 Å². The second-order valence-corrected chi connectivity index (χ2v) is 5.67. The van der Waals surface area contributed by atoms with Crippen molar-refractivity contribution in [3.8, 4) is 23.0 Å². The van der Waals surface area contributed by atoms with Gasteiger partial charge in [0.1, 0.15) is 11.9 Å². The van der Waals surface area contributed by atoms with E-state index in [0.717, 1.165) is 16.9 Å². The Bertz CT molecular complexity index is 760. The van der Waals surface area contributed by atoms with E-state index < -0.39 is 0 Å². The van der Waals surface area contributed by atoms with E-state index in [1.165, 1.54) is 0 Å². The summed E-state index contributed by atoms with van der Waals surface area (Å²) in [6, 6.07) is 11.5. The van der Waals surface area contributed by atoms with Gasteiger partial charge in [0.05, 0.1) is 34.5 Å². The second kappa shape index (κ2) is 7.99. The van der Waals surface area contributed by atoms with Crippen LogP contribution in [-0.4, -0.2) is 40.4 Å². The second-order valence-electron chi connectivity index (χ2n) is 5.67. The predicted molar refractivity (Wildman–Crippen MR) is 98.9 cm³/mol. The number of hydrogen-bond donors (Lipinski definition) is 0. The zero-order chi connectivity index (χ0) is 18.5. The molecule has 2 aromatic rings. The lowest BCUT2D eigenvalue weighted by molar-refractivity contribution is 0.228. The Kier molecular flexibility index (Phi) is 5.51. The molecule has 1 atom stereocenters. The van der Waals surface area contributed by atoms with E-state index in [-0.39, 0.29) is 6.10 Å². The van der Waals surface area contributed by atoms with Crippen LogP contribution in [-0.2, 0) is 4.74 Å². The van der Waals surface area contributed by atoms with E-state index in [9.17, 15) is 0 Å². The molecular weight excluding hydrogens is 334 g/mol. The molecule has 0 fully saturated rings. The molecule has 0 saturated carbocycles. The topological polar surface area (TPSA) is 58.5 Å². The molecular formula is C20H23NO5. The molecule has 0 aromatic heterocycles. The van der Waals surface area contributed by atoms with Crippen LogP contribution in [0.4, 0.5) is 0 Å². The van der Waals surface area contributed by atoms with Crippen molar-refractivity contribution in [2.45, 2.75) is 13.0 Å². The maximum absolute atomic E-state index is 6.06. The van der Waals surface area contributed by atoms with Gasteiger partial charge in [0.25, 0.3) is 0 Å². The third kappa shape index (κ3) is 3.54. The van der Waals surface area contributed by atoms with Crippen LogP contribution in [0.2, 0.25) is 0 Å². The summed E-state index contributed by atoms with van der Waals surface area (Å²) in [6.07, 6.45) is -0.203. The van der Waals surface area contributed by atoms with Crippen LogP contribution in [0.3, 0.4) is 0 Å². The molecule has 1 heterocycles. The van der Waals surface area contributed by atoms with Crippen molar-refractivity contribution >= 4 is 5.90 Å². The standard InChI is InChI=1S/C20H23NO5/c1-5-25-15-8-6-13(7-9-15)20-21-12-18(26-20)14-10-16(22-2)19(24-4)17(11-14)23-3/h6-11,18H,5,12H2,1-4H3. The average Bonchev–Trinajstić information content (AvgIpc) is 3.17. The van der Waals surface area contributed by atoms with Crippen molar-refractivity contribution < 1.29 is 23.7 Å². The Morgan fingerprint density at radius 3 is 2.19 bits per heavy atom. The minimum Gasteiger partial charge on any atom is -0.494 e. The fourth-order valence-electron chi connectivity index (χ4n) is 2.86. The maximum atomic E-state index is 6.06. The minimum atomic E-state index is -0.203. The van der Waals surface area contributed by atoms with Gasteiger partial charge in [-0.15, -0.1) is 0 Å². The van der Waals surface area contributed by atoms with E-state index in [2.05, 4.69) is 4.99 Å². The van der Waals surface area contributed by atoms with Crippen LogP contribution in [0.1, 0.15) is 24.2 Å². The first kappa shape index (κ1) is 17.9. The van der Waals surface area contributed by atoms with Gasteiger partial charge in [0, 0.05) is 11.1 Å². The molecule has 26 heavy (non-hydrogen) atoms. The lowest BCUT2D eigenvalue weighted by Crippen LogP contribution is -2.07. The molecule has 0 spiro atoms. The molecule has 138 valence electrons. The van der Waals surface area contributed by atoms with Crippen molar-refractivity contribution in [3.63, 3.8) is 0 Å². The summed E-state index contributed by atoms with van der Waals surface area (Å²) in [5.74, 6) is 3.20. The number of hydrogen-bond acceptors (Lipinski definition) is 6. The molecule has 0 bridgehead atoms. The van der Waals surface area contributed by atoms with Crippen molar-refractivity contribution in [1.82, 2.24) is 0 Å². The summed E-state index contributed by atoms with van der Waals surface area (Å²) in [7, 11) is 4.77. The molecule has 0 aliphatic carbocycles. The normalized spacial score (nSPS) is 15.8. The monoisotopic (exact) mass is 357 g/mol. The van der Waals surface area contributed by atoms with Gasteiger partial charge in [0.2, 0.25) is 11.6 Å². The first-order valence-corrected chi connectivity index (χ1v) is 8.44. The van der Waals surface area contributed by atoms with Gasteiger partial charge in [-0.25, -0.2) is 4.99 Å². The third-order valence-electron chi connectivity index (χ3n) is 4.13. The molecule has 6 heteroatoms. The van der Waals surface area contributed by atoms with Crippen LogP contribution < -0.4 is 18.9 Å². The number of methoxy groups -OCH3 is 3. The van der Waals surface area contributed by atoms with E-state index >= 15 is 0 Å². The number of ether oxygens (including phenoxy) is 5. The van der Waals surface area contributed by atoms with Crippen LogP contribution in [0, 0.1) is 0 Å². The molecule has 0 radical (unpaired) electrons. The van der Waals surface area contributed by atoms with Gasteiger partial charge < -0.3 is 23.7 Å². The molecule has 2 aromatic carbocycles. The van der Waals surface area contributed by atoms with Gasteiger partial charge in [-0.05, 0) is 43.3 Å². The Morgan fingerprint density at radius 1 is 1.00 bits per heavy atom. The van der Waals surface area contributed by atoms with Crippen molar-refractivity contribution in [3.05, 3.63) is 47.5 Å². The molecule has 1 aliphatic heterocycles. The summed E-state index contributed by atoms with van der Waals surface area (Å²) >= 11 is 0. The third-order valence-corrected chi connectivity index (χ3v) is 4.13. The predicted octanol–water partition coefficient (Wildman–Crippen LogP) is 3.63.